The van der Waals surface area contributed by atoms with Crippen LogP contribution in [0.1, 0.15) is 83.4 Å². The highest BCUT2D eigenvalue weighted by Gasteiger charge is 2.48. The standard InChI is InChI=1S/C48H48F3N11O8S/c1-24-32(33-20-53-43(52)40-41(56-58(3)42(33)40)27-9-12-34(57-71(68,69)48(50)51)37(19-27)70-25(2)26-7-10-29(49)11-8-26)21-54-62(24)30-15-17-59(18-16-30)45(65)28-22-60(23-28)35-6-4-5-31-39(35)47(67)61(46(31)66)36-13-14-38(63)55-44(36)64/h4-12,19-21,24-25,28,30,32,36,48,57H,13-18,22-23H2,1-3H3,(H2,52,53)(H,55,63,64)/t24?,25-,32?,36?/m0/s1. The van der Waals surface area contributed by atoms with E-state index >= 15 is 0 Å². The van der Waals surface area contributed by atoms with E-state index in [0.717, 1.165) is 10.5 Å². The van der Waals surface area contributed by atoms with E-state index in [0.29, 0.717) is 72.4 Å². The molecule has 19 nitrogen and oxygen atoms in total. The van der Waals surface area contributed by atoms with Gasteiger partial charge in [-0.1, -0.05) is 24.3 Å². The van der Waals surface area contributed by atoms with Crippen molar-refractivity contribution >= 4 is 73.9 Å². The molecule has 2 aromatic heterocycles. The van der Waals surface area contributed by atoms with Gasteiger partial charge >= 0.3 is 5.76 Å². The predicted octanol–water partition coefficient (Wildman–Crippen LogP) is 4.76. The third kappa shape index (κ3) is 8.33. The number of likely N-dealkylation sites (tertiary alicyclic amines) is 1. The normalized spacial score (nSPS) is 21.3. The second-order valence-corrected chi connectivity index (χ2v) is 20.1. The topological polar surface area (TPSA) is 235 Å². The molecule has 3 fully saturated rings. The van der Waals surface area contributed by atoms with Gasteiger partial charge in [-0.3, -0.25) is 48.6 Å². The number of piperidine rings is 2. The van der Waals surface area contributed by atoms with E-state index in [1.807, 2.05) is 20.7 Å². The molecule has 0 saturated carbocycles. The van der Waals surface area contributed by atoms with Crippen LogP contribution in [-0.2, 0) is 31.5 Å². The first-order chi connectivity index (χ1) is 33.9. The molecule has 5 aliphatic heterocycles. The Morgan fingerprint density at radius 1 is 0.986 bits per heavy atom. The Balaban J connectivity index is 0.809. The molecule has 5 amide bonds. The lowest BCUT2D eigenvalue weighted by Crippen LogP contribution is -2.57. The van der Waals surface area contributed by atoms with Gasteiger partial charge in [0.05, 0.1) is 51.4 Å². The molecule has 4 atom stereocenters. The fraction of sp³-hybridized carbons (Fsp3) is 0.375. The third-order valence-electron chi connectivity index (χ3n) is 14.1. The van der Waals surface area contributed by atoms with Crippen molar-refractivity contribution in [3.05, 3.63) is 94.9 Å². The number of carbonyl (C=O) groups is 5. The zero-order valence-corrected chi connectivity index (χ0v) is 39.4. The second kappa shape index (κ2) is 18.0. The van der Waals surface area contributed by atoms with Crippen molar-refractivity contribution in [3.8, 4) is 17.0 Å². The van der Waals surface area contributed by atoms with Gasteiger partial charge in [0, 0.05) is 69.1 Å². The van der Waals surface area contributed by atoms with E-state index in [1.165, 1.54) is 42.5 Å². The largest absolute Gasteiger partial charge is 0.484 e. The number of imide groups is 2. The highest BCUT2D eigenvalue weighted by molar-refractivity contribution is 7.93. The Kier molecular flexibility index (Phi) is 11.9. The van der Waals surface area contributed by atoms with Crippen LogP contribution in [0.5, 0.6) is 5.75 Å². The number of nitrogens with one attached hydrogen (secondary N) is 2. The maximum atomic E-state index is 13.8. The van der Waals surface area contributed by atoms with Gasteiger partial charge in [0.25, 0.3) is 21.8 Å². The number of pyridine rings is 1. The molecule has 71 heavy (non-hydrogen) atoms. The quantitative estimate of drug-likeness (QED) is 0.143. The molecule has 5 aromatic rings. The van der Waals surface area contributed by atoms with Crippen LogP contribution in [0.3, 0.4) is 0 Å². The molecule has 3 aromatic carbocycles. The Bertz CT molecular complexity index is 3180. The molecule has 23 heteroatoms. The monoisotopic (exact) mass is 995 g/mol. The zero-order chi connectivity index (χ0) is 50.2. The summed E-state index contributed by atoms with van der Waals surface area (Å²) in [5.41, 5.74) is 10.00. The molecule has 3 saturated heterocycles. The first kappa shape index (κ1) is 47.1. The molecule has 4 N–H and O–H groups in total. The lowest BCUT2D eigenvalue weighted by Gasteiger charge is -2.44. The minimum Gasteiger partial charge on any atom is -0.484 e. The van der Waals surface area contributed by atoms with E-state index in [2.05, 4.69) is 22.2 Å². The van der Waals surface area contributed by atoms with E-state index in [9.17, 15) is 45.6 Å². The molecular formula is C48H48F3N11O8S. The number of nitrogens with zero attached hydrogens (tertiary/aromatic N) is 8. The molecule has 0 spiro atoms. The van der Waals surface area contributed by atoms with Crippen molar-refractivity contribution in [2.24, 2.45) is 18.1 Å². The van der Waals surface area contributed by atoms with E-state index in [-0.39, 0.29) is 71.0 Å². The van der Waals surface area contributed by atoms with Gasteiger partial charge in [-0.2, -0.15) is 19.0 Å². The Morgan fingerprint density at radius 2 is 1.72 bits per heavy atom. The molecule has 0 aliphatic carbocycles. The average Bonchev–Trinajstić information content (AvgIpc) is 3.97. The van der Waals surface area contributed by atoms with Gasteiger partial charge in [0.2, 0.25) is 17.7 Å². The van der Waals surface area contributed by atoms with Crippen LogP contribution in [0.4, 0.5) is 30.4 Å². The van der Waals surface area contributed by atoms with Gasteiger partial charge in [0.1, 0.15) is 35.2 Å². The second-order valence-electron chi connectivity index (χ2n) is 18.4. The van der Waals surface area contributed by atoms with Crippen molar-refractivity contribution in [2.75, 3.05) is 41.5 Å². The van der Waals surface area contributed by atoms with Crippen LogP contribution in [0.25, 0.3) is 22.2 Å². The Labute approximate surface area is 404 Å². The first-order valence-electron chi connectivity index (χ1n) is 23.1. The zero-order valence-electron chi connectivity index (χ0n) is 38.6. The van der Waals surface area contributed by atoms with Crippen LogP contribution in [0.2, 0.25) is 0 Å². The average molecular weight is 996 g/mol. The number of anilines is 3. The van der Waals surface area contributed by atoms with E-state index < -0.39 is 57.4 Å². The van der Waals surface area contributed by atoms with Crippen molar-refractivity contribution in [1.29, 1.82) is 0 Å². The molecule has 10 rings (SSSR count). The third-order valence-corrected chi connectivity index (χ3v) is 15.1. The predicted molar refractivity (Wildman–Crippen MR) is 253 cm³/mol. The number of benzene rings is 3. The van der Waals surface area contributed by atoms with E-state index in [1.54, 1.807) is 43.0 Å². The molecule has 0 radical (unpaired) electrons. The molecule has 3 unspecified atom stereocenters. The van der Waals surface area contributed by atoms with Gasteiger partial charge in [-0.25, -0.2) is 17.8 Å². The van der Waals surface area contributed by atoms with Crippen LogP contribution < -0.4 is 25.4 Å². The number of carbonyl (C=O) groups excluding carboxylic acids is 5. The molecule has 370 valence electrons. The molecular weight excluding hydrogens is 948 g/mol. The molecule has 7 heterocycles. The number of hydrogen-bond donors (Lipinski definition) is 3. The summed E-state index contributed by atoms with van der Waals surface area (Å²) < 4.78 is 75.1. The van der Waals surface area contributed by atoms with Gasteiger partial charge < -0.3 is 20.3 Å². The summed E-state index contributed by atoms with van der Waals surface area (Å²) in [7, 11) is -3.34. The fourth-order valence-corrected chi connectivity index (χ4v) is 10.9. The van der Waals surface area contributed by atoms with Crippen molar-refractivity contribution in [1.82, 2.24) is 34.9 Å². The highest BCUT2D eigenvalue weighted by atomic mass is 32.2. The number of alkyl halides is 2. The van der Waals surface area contributed by atoms with Crippen molar-refractivity contribution < 1.29 is 50.3 Å². The SMILES string of the molecule is CC1C(c2cnc(N)c3c(-c4ccc(NS(=O)(=O)C(F)F)c(O[C@@H](C)c5ccc(F)cc5)c4)nn(C)c23)C=NN1C1CCN(C(=O)C2CN(c3cccc4c3C(=O)N(C3CCC(=O)NC3=O)C4=O)C2)CC1. The van der Waals surface area contributed by atoms with Crippen molar-refractivity contribution in [2.45, 2.75) is 75.4 Å². The molecule has 0 bridgehead atoms. The maximum Gasteiger partial charge on any atom is 0.355 e. The number of halogens is 3. The number of aromatic nitrogens is 3. The van der Waals surface area contributed by atoms with Crippen molar-refractivity contribution in [3.63, 3.8) is 0 Å². The van der Waals surface area contributed by atoms with Crippen LogP contribution in [-0.4, -0.2) is 124 Å². The summed E-state index contributed by atoms with van der Waals surface area (Å²) in [6, 6.07) is 13.5. The molecule has 5 aliphatic rings. The summed E-state index contributed by atoms with van der Waals surface area (Å²) in [6.45, 7) is 5.42. The summed E-state index contributed by atoms with van der Waals surface area (Å²) in [5.74, 6) is -7.01. The minimum atomic E-state index is -5.09. The summed E-state index contributed by atoms with van der Waals surface area (Å²) in [5, 5.41) is 14.5. The number of aryl methyl sites for hydroxylation is 1. The number of nitrogen functional groups attached to an aromatic ring is 1. The number of hydrogen-bond acceptors (Lipinski definition) is 14. The smallest absolute Gasteiger partial charge is 0.355 e. The number of nitrogens with two attached hydrogens (primary N) is 1. The van der Waals surface area contributed by atoms with Gasteiger partial charge in [-0.05, 0) is 75.1 Å². The van der Waals surface area contributed by atoms with E-state index in [4.69, 9.17) is 20.7 Å². The number of amides is 5. The van der Waals surface area contributed by atoms with Crippen LogP contribution in [0.15, 0.2) is 72.0 Å². The van der Waals surface area contributed by atoms with Crippen LogP contribution in [0, 0.1) is 11.7 Å². The fourth-order valence-electron chi connectivity index (χ4n) is 10.4. The number of rotatable bonds is 12. The minimum absolute atomic E-state index is 0.00298. The van der Waals surface area contributed by atoms with Crippen LogP contribution >= 0.6 is 0 Å². The maximum absolute atomic E-state index is 13.8. The summed E-state index contributed by atoms with van der Waals surface area (Å²) >= 11 is 0. The lowest BCUT2D eigenvalue weighted by atomic mass is 9.91. The first-order valence-corrected chi connectivity index (χ1v) is 24.6. The number of sulfonamides is 1. The van der Waals surface area contributed by atoms with Gasteiger partial charge in [0.15, 0.2) is 0 Å². The summed E-state index contributed by atoms with van der Waals surface area (Å²) in [6.07, 6.45) is 4.18. The number of hydrazone groups is 1. The lowest BCUT2D eigenvalue weighted by molar-refractivity contribution is -0.138. The Morgan fingerprint density at radius 3 is 2.42 bits per heavy atom. The highest BCUT2D eigenvalue weighted by Crippen LogP contribution is 2.43. The Hall–Kier alpha value is -7.56. The van der Waals surface area contributed by atoms with Gasteiger partial charge in [-0.15, -0.1) is 0 Å². The summed E-state index contributed by atoms with van der Waals surface area (Å²) in [4.78, 5) is 74.5. The number of ether oxygens (including phenoxy) is 1. The number of fused-ring (bicyclic) bond motifs is 2.